The maximum Gasteiger partial charge on any atom is 0.258 e. The van der Waals surface area contributed by atoms with Crippen LogP contribution >= 0.6 is 11.3 Å². The number of nitrogens with one attached hydrogen (secondary N) is 1. The Hall–Kier alpha value is -2.77. The first-order valence-corrected chi connectivity index (χ1v) is 10.9. The Morgan fingerprint density at radius 2 is 1.78 bits per heavy atom. The van der Waals surface area contributed by atoms with Gasteiger partial charge in [0.05, 0.1) is 26.4 Å². The molecule has 27 heavy (non-hydrogen) atoms. The summed E-state index contributed by atoms with van der Waals surface area (Å²) >= 11 is 1.36. The standard InChI is InChI=1S/C20H16N2O3S2/c1-2-27(24,25)17-10-6-5-9-15(17)19(23)22-20-21-18-14-8-4-3-7-13(14)11-12-16(18)26-20/h3-12H,2H2,1H3,(H,21,22,23). The normalized spacial score (nSPS) is 11.7. The zero-order valence-corrected chi connectivity index (χ0v) is 16.1. The number of carbonyl (C=O) groups excluding carboxylic acids is 1. The Balaban J connectivity index is 1.73. The van der Waals surface area contributed by atoms with Gasteiger partial charge in [0.2, 0.25) is 0 Å². The van der Waals surface area contributed by atoms with Gasteiger partial charge in [0.15, 0.2) is 15.0 Å². The van der Waals surface area contributed by atoms with Crippen LogP contribution in [0.5, 0.6) is 0 Å². The van der Waals surface area contributed by atoms with E-state index >= 15 is 0 Å². The number of aromatic nitrogens is 1. The van der Waals surface area contributed by atoms with Crippen molar-refractivity contribution in [2.75, 3.05) is 11.1 Å². The summed E-state index contributed by atoms with van der Waals surface area (Å²) in [5.74, 6) is -0.546. The summed E-state index contributed by atoms with van der Waals surface area (Å²) in [6.45, 7) is 1.56. The molecule has 3 aromatic carbocycles. The van der Waals surface area contributed by atoms with Crippen molar-refractivity contribution in [2.24, 2.45) is 0 Å². The van der Waals surface area contributed by atoms with E-state index in [1.54, 1.807) is 19.1 Å². The molecule has 5 nitrogen and oxygen atoms in total. The number of thiazole rings is 1. The smallest absolute Gasteiger partial charge is 0.258 e. The zero-order chi connectivity index (χ0) is 19.0. The molecule has 1 N–H and O–H groups in total. The minimum absolute atomic E-state index is 0.0385. The third-order valence-electron chi connectivity index (χ3n) is 4.35. The fourth-order valence-corrected chi connectivity index (χ4v) is 4.93. The van der Waals surface area contributed by atoms with Gasteiger partial charge >= 0.3 is 0 Å². The fraction of sp³-hybridized carbons (Fsp3) is 0.100. The van der Waals surface area contributed by atoms with Crippen molar-refractivity contribution in [3.8, 4) is 0 Å². The highest BCUT2D eigenvalue weighted by Gasteiger charge is 2.21. The number of amides is 1. The van der Waals surface area contributed by atoms with Crippen molar-refractivity contribution in [3.05, 3.63) is 66.2 Å². The molecule has 0 atom stereocenters. The molecule has 0 bridgehead atoms. The third kappa shape index (κ3) is 3.20. The van der Waals surface area contributed by atoms with Gasteiger partial charge in [-0.1, -0.05) is 60.7 Å². The topological polar surface area (TPSA) is 76.1 Å². The lowest BCUT2D eigenvalue weighted by Crippen LogP contribution is -2.17. The van der Waals surface area contributed by atoms with Crippen LogP contribution in [0.15, 0.2) is 65.6 Å². The van der Waals surface area contributed by atoms with E-state index in [-0.39, 0.29) is 16.2 Å². The molecule has 1 aromatic heterocycles. The van der Waals surface area contributed by atoms with E-state index < -0.39 is 15.7 Å². The number of hydrogen-bond acceptors (Lipinski definition) is 5. The maximum absolute atomic E-state index is 12.7. The monoisotopic (exact) mass is 396 g/mol. The molecular formula is C20H16N2O3S2. The second-order valence-corrected chi connectivity index (χ2v) is 9.28. The van der Waals surface area contributed by atoms with Crippen LogP contribution in [-0.2, 0) is 9.84 Å². The lowest BCUT2D eigenvalue weighted by Gasteiger charge is -2.08. The van der Waals surface area contributed by atoms with Crippen LogP contribution in [0.3, 0.4) is 0 Å². The summed E-state index contributed by atoms with van der Waals surface area (Å²) in [5.41, 5.74) is 0.950. The molecule has 0 unspecified atom stereocenters. The molecule has 0 aliphatic carbocycles. The van der Waals surface area contributed by atoms with Crippen molar-refractivity contribution < 1.29 is 13.2 Å². The summed E-state index contributed by atoms with van der Waals surface area (Å²) in [7, 11) is -3.50. The zero-order valence-electron chi connectivity index (χ0n) is 14.5. The average Bonchev–Trinajstić information content (AvgIpc) is 3.11. The summed E-state index contributed by atoms with van der Waals surface area (Å²) in [5, 5.41) is 5.28. The molecule has 0 aliphatic rings. The van der Waals surface area contributed by atoms with Gasteiger partial charge in [0.25, 0.3) is 5.91 Å². The van der Waals surface area contributed by atoms with Crippen molar-refractivity contribution in [2.45, 2.75) is 11.8 Å². The van der Waals surface area contributed by atoms with E-state index in [4.69, 9.17) is 0 Å². The molecule has 1 heterocycles. The van der Waals surface area contributed by atoms with Gasteiger partial charge in [-0.05, 0) is 23.6 Å². The van der Waals surface area contributed by atoms with Crippen LogP contribution < -0.4 is 5.32 Å². The molecule has 0 spiro atoms. The van der Waals surface area contributed by atoms with Crippen LogP contribution in [0.25, 0.3) is 21.0 Å². The lowest BCUT2D eigenvalue weighted by atomic mass is 10.1. The van der Waals surface area contributed by atoms with Crippen molar-refractivity contribution in [1.29, 1.82) is 0 Å². The fourth-order valence-electron chi connectivity index (χ4n) is 2.96. The van der Waals surface area contributed by atoms with E-state index in [9.17, 15) is 13.2 Å². The van der Waals surface area contributed by atoms with E-state index in [0.717, 1.165) is 21.0 Å². The van der Waals surface area contributed by atoms with Gasteiger partial charge < -0.3 is 0 Å². The number of nitrogens with zero attached hydrogens (tertiary/aromatic N) is 1. The van der Waals surface area contributed by atoms with Crippen LogP contribution in [-0.4, -0.2) is 25.1 Å². The van der Waals surface area contributed by atoms with Gasteiger partial charge in [-0.15, -0.1) is 0 Å². The summed E-state index contributed by atoms with van der Waals surface area (Å²) < 4.78 is 25.5. The number of hydrogen-bond donors (Lipinski definition) is 1. The lowest BCUT2D eigenvalue weighted by molar-refractivity contribution is 0.102. The number of rotatable bonds is 4. The van der Waals surface area contributed by atoms with Gasteiger partial charge in [0, 0.05) is 5.39 Å². The number of anilines is 1. The molecule has 4 aromatic rings. The molecular weight excluding hydrogens is 380 g/mol. The molecule has 7 heteroatoms. The summed E-state index contributed by atoms with van der Waals surface area (Å²) in [6, 6.07) is 18.1. The SMILES string of the molecule is CCS(=O)(=O)c1ccccc1C(=O)Nc1nc2c(ccc3ccccc32)s1. The van der Waals surface area contributed by atoms with Gasteiger partial charge in [0.1, 0.15) is 0 Å². The number of benzene rings is 3. The Labute approximate surface area is 160 Å². The van der Waals surface area contributed by atoms with E-state index in [2.05, 4.69) is 10.3 Å². The van der Waals surface area contributed by atoms with E-state index in [1.807, 2.05) is 36.4 Å². The van der Waals surface area contributed by atoms with Gasteiger partial charge in [-0.25, -0.2) is 13.4 Å². The molecule has 0 saturated heterocycles. The van der Waals surface area contributed by atoms with Crippen LogP contribution in [0.1, 0.15) is 17.3 Å². The average molecular weight is 396 g/mol. The predicted octanol–water partition coefficient (Wildman–Crippen LogP) is 4.50. The number of carbonyl (C=O) groups is 1. The Morgan fingerprint density at radius 3 is 2.59 bits per heavy atom. The molecule has 1 amide bonds. The van der Waals surface area contributed by atoms with E-state index in [1.165, 1.54) is 23.5 Å². The van der Waals surface area contributed by atoms with Gasteiger partial charge in [-0.3, -0.25) is 10.1 Å². The highest BCUT2D eigenvalue weighted by atomic mass is 32.2. The summed E-state index contributed by atoms with van der Waals surface area (Å²) in [6.07, 6.45) is 0. The molecule has 4 rings (SSSR count). The Morgan fingerprint density at radius 1 is 1.04 bits per heavy atom. The van der Waals surface area contributed by atoms with Crippen LogP contribution in [0.4, 0.5) is 5.13 Å². The molecule has 0 radical (unpaired) electrons. The van der Waals surface area contributed by atoms with Gasteiger partial charge in [-0.2, -0.15) is 0 Å². The minimum Gasteiger partial charge on any atom is -0.298 e. The van der Waals surface area contributed by atoms with E-state index in [0.29, 0.717) is 5.13 Å². The summed E-state index contributed by atoms with van der Waals surface area (Å²) in [4.78, 5) is 17.3. The number of fused-ring (bicyclic) bond motifs is 3. The quantitative estimate of drug-likeness (QED) is 0.551. The Bertz CT molecular complexity index is 1280. The second-order valence-electron chi connectivity index (χ2n) is 6.01. The molecule has 0 saturated carbocycles. The maximum atomic E-state index is 12.7. The van der Waals surface area contributed by atoms with Crippen molar-refractivity contribution in [3.63, 3.8) is 0 Å². The molecule has 136 valence electrons. The molecule has 0 aliphatic heterocycles. The Kier molecular flexibility index (Phi) is 4.41. The highest BCUT2D eigenvalue weighted by molar-refractivity contribution is 7.91. The largest absolute Gasteiger partial charge is 0.298 e. The number of sulfone groups is 1. The minimum atomic E-state index is -3.50. The first-order valence-electron chi connectivity index (χ1n) is 8.41. The van der Waals surface area contributed by atoms with Crippen LogP contribution in [0, 0.1) is 0 Å². The first-order chi connectivity index (χ1) is 13.0. The predicted molar refractivity (Wildman–Crippen MR) is 109 cm³/mol. The highest BCUT2D eigenvalue weighted by Crippen LogP contribution is 2.32. The van der Waals surface area contributed by atoms with Crippen molar-refractivity contribution >= 4 is 53.2 Å². The second kappa shape index (κ2) is 6.75. The molecule has 0 fully saturated rings. The first kappa shape index (κ1) is 17.6. The third-order valence-corrected chi connectivity index (χ3v) is 7.07. The van der Waals surface area contributed by atoms with Crippen molar-refractivity contribution in [1.82, 2.24) is 4.98 Å². The van der Waals surface area contributed by atoms with Crippen LogP contribution in [0.2, 0.25) is 0 Å².